The fourth-order valence-corrected chi connectivity index (χ4v) is 9.78. The molecule has 3 heteroatoms. The van der Waals surface area contributed by atoms with Crippen LogP contribution in [0.25, 0.3) is 44.7 Å². The molecule has 2 atom stereocenters. The molecule has 280 valence electrons. The second-order valence-corrected chi connectivity index (χ2v) is 15.9. The predicted molar refractivity (Wildman–Crippen MR) is 242 cm³/mol. The average Bonchev–Trinajstić information content (AvgIpc) is 3.59. The monoisotopic (exact) mass is 747 g/mol. The van der Waals surface area contributed by atoms with E-state index in [4.69, 9.17) is 0 Å². The van der Waals surface area contributed by atoms with Crippen LogP contribution in [0.15, 0.2) is 211 Å². The number of anilines is 2. The van der Waals surface area contributed by atoms with Gasteiger partial charge >= 0.3 is 0 Å². The molecule has 2 aliphatic carbocycles. The maximum atomic E-state index is 3.92. The molecule has 0 fully saturated rings. The summed E-state index contributed by atoms with van der Waals surface area (Å²) in [6.07, 6.45) is 19.6. The van der Waals surface area contributed by atoms with Crippen LogP contribution in [0.2, 0.25) is 0 Å². The van der Waals surface area contributed by atoms with Gasteiger partial charge in [0.2, 0.25) is 0 Å². The normalized spacial score (nSPS) is 18.4. The Balaban J connectivity index is 1.01. The number of rotatable bonds is 6. The molecule has 0 saturated carbocycles. The number of nitrogens with one attached hydrogen (secondary N) is 1. The van der Waals surface area contributed by atoms with Crippen LogP contribution >= 0.6 is 0 Å². The van der Waals surface area contributed by atoms with Gasteiger partial charge in [-0.2, -0.15) is 0 Å². The van der Waals surface area contributed by atoms with Crippen molar-refractivity contribution in [1.29, 1.82) is 0 Å². The van der Waals surface area contributed by atoms with Crippen molar-refractivity contribution in [2.75, 3.05) is 4.90 Å². The number of dihydropyridines is 1. The SMILES string of the molecule is C1=CCCC(C2=CC(c3cccc(C4C=C(N5c6ccccc6-c6c(n(-c7ccccc7)c7ccccc67)-c6ccccc65)CCC4)c3)NC(c3ccccc3)=C2)=C1. The Morgan fingerprint density at radius 1 is 0.621 bits per heavy atom. The number of aromatic nitrogens is 1. The lowest BCUT2D eigenvalue weighted by Gasteiger charge is -2.33. The van der Waals surface area contributed by atoms with E-state index in [2.05, 4.69) is 209 Å². The maximum absolute atomic E-state index is 3.92. The first-order chi connectivity index (χ1) is 28.8. The Bertz CT molecular complexity index is 2850. The van der Waals surface area contributed by atoms with Crippen LogP contribution in [0.3, 0.4) is 0 Å². The van der Waals surface area contributed by atoms with Gasteiger partial charge in [0.05, 0.1) is 28.6 Å². The minimum absolute atomic E-state index is 0.0715. The van der Waals surface area contributed by atoms with E-state index in [0.717, 1.165) is 32.1 Å². The van der Waals surface area contributed by atoms with Crippen LogP contribution in [-0.2, 0) is 0 Å². The molecule has 3 nitrogen and oxygen atoms in total. The van der Waals surface area contributed by atoms with Gasteiger partial charge in [-0.1, -0.05) is 158 Å². The van der Waals surface area contributed by atoms with Gasteiger partial charge in [0.25, 0.3) is 0 Å². The lowest BCUT2D eigenvalue weighted by molar-refractivity contribution is 0.625. The fourth-order valence-electron chi connectivity index (χ4n) is 9.78. The Kier molecular flexibility index (Phi) is 8.65. The largest absolute Gasteiger partial charge is 0.374 e. The van der Waals surface area contributed by atoms with E-state index in [-0.39, 0.29) is 6.04 Å². The summed E-state index contributed by atoms with van der Waals surface area (Å²) in [5.41, 5.74) is 19.1. The first-order valence-corrected chi connectivity index (χ1v) is 20.9. The maximum Gasteiger partial charge on any atom is 0.0707 e. The van der Waals surface area contributed by atoms with E-state index in [1.807, 2.05) is 0 Å². The van der Waals surface area contributed by atoms with E-state index in [1.54, 1.807) is 0 Å². The topological polar surface area (TPSA) is 20.2 Å². The highest BCUT2D eigenvalue weighted by molar-refractivity contribution is 6.12. The van der Waals surface area contributed by atoms with Crippen LogP contribution < -0.4 is 10.2 Å². The smallest absolute Gasteiger partial charge is 0.0707 e. The zero-order valence-electron chi connectivity index (χ0n) is 32.6. The van der Waals surface area contributed by atoms with E-state index >= 15 is 0 Å². The van der Waals surface area contributed by atoms with Crippen molar-refractivity contribution in [3.63, 3.8) is 0 Å². The average molecular weight is 748 g/mol. The molecule has 1 N–H and O–H groups in total. The molecule has 0 bridgehead atoms. The summed E-state index contributed by atoms with van der Waals surface area (Å²) in [6.45, 7) is 0. The van der Waals surface area contributed by atoms with Crippen LogP contribution in [0.5, 0.6) is 0 Å². The minimum Gasteiger partial charge on any atom is -0.374 e. The molecule has 0 amide bonds. The van der Waals surface area contributed by atoms with E-state index in [1.165, 1.54) is 89.6 Å². The summed E-state index contributed by atoms with van der Waals surface area (Å²) in [4.78, 5) is 2.59. The zero-order chi connectivity index (χ0) is 38.4. The van der Waals surface area contributed by atoms with Crippen molar-refractivity contribution < 1.29 is 0 Å². The van der Waals surface area contributed by atoms with Crippen molar-refractivity contribution in [2.24, 2.45) is 0 Å². The molecule has 7 aromatic rings. The summed E-state index contributed by atoms with van der Waals surface area (Å²) < 4.78 is 2.48. The lowest BCUT2D eigenvalue weighted by Crippen LogP contribution is -2.23. The molecule has 0 spiro atoms. The van der Waals surface area contributed by atoms with Gasteiger partial charge in [-0.25, -0.2) is 0 Å². The molecule has 3 heterocycles. The molecule has 6 aromatic carbocycles. The Morgan fingerprint density at radius 2 is 1.34 bits per heavy atom. The van der Waals surface area contributed by atoms with Crippen molar-refractivity contribution in [2.45, 2.75) is 44.1 Å². The molecule has 2 unspecified atom stereocenters. The van der Waals surface area contributed by atoms with E-state index in [9.17, 15) is 0 Å². The van der Waals surface area contributed by atoms with Gasteiger partial charge in [0, 0.05) is 45.1 Å². The molecular formula is C55H45N3. The van der Waals surface area contributed by atoms with Gasteiger partial charge in [-0.3, -0.25) is 0 Å². The van der Waals surface area contributed by atoms with E-state index < -0.39 is 0 Å². The van der Waals surface area contributed by atoms with Gasteiger partial charge in [0.1, 0.15) is 0 Å². The number of para-hydroxylation sites is 4. The van der Waals surface area contributed by atoms with E-state index in [0.29, 0.717) is 5.92 Å². The van der Waals surface area contributed by atoms with Crippen LogP contribution in [0, 0.1) is 0 Å². The number of benzene rings is 6. The van der Waals surface area contributed by atoms with Gasteiger partial charge in [-0.05, 0) is 96.3 Å². The molecule has 4 aliphatic rings. The minimum atomic E-state index is 0.0715. The van der Waals surface area contributed by atoms with Crippen LogP contribution in [0.4, 0.5) is 11.4 Å². The zero-order valence-corrected chi connectivity index (χ0v) is 32.6. The van der Waals surface area contributed by atoms with Crippen molar-refractivity contribution >= 4 is 28.0 Å². The summed E-state index contributed by atoms with van der Waals surface area (Å²) in [5.74, 6) is 0.301. The first kappa shape index (κ1) is 34.4. The second-order valence-electron chi connectivity index (χ2n) is 15.9. The van der Waals surface area contributed by atoms with Gasteiger partial charge in [-0.15, -0.1) is 0 Å². The number of hydrogen-bond donors (Lipinski definition) is 1. The highest BCUT2D eigenvalue weighted by Gasteiger charge is 2.33. The molecule has 58 heavy (non-hydrogen) atoms. The third-order valence-electron chi connectivity index (χ3n) is 12.5. The van der Waals surface area contributed by atoms with Crippen molar-refractivity contribution in [3.8, 4) is 28.1 Å². The molecule has 1 aromatic heterocycles. The first-order valence-electron chi connectivity index (χ1n) is 20.9. The molecule has 0 radical (unpaired) electrons. The molecule has 2 aliphatic heterocycles. The van der Waals surface area contributed by atoms with Crippen LogP contribution in [-0.4, -0.2) is 4.57 Å². The summed E-state index contributed by atoms with van der Waals surface area (Å²) >= 11 is 0. The van der Waals surface area contributed by atoms with Crippen molar-refractivity contribution in [3.05, 3.63) is 228 Å². The number of allylic oxidation sites excluding steroid dienone is 8. The third-order valence-corrected chi connectivity index (χ3v) is 12.5. The highest BCUT2D eigenvalue weighted by atomic mass is 15.2. The Hall–Kier alpha value is -6.84. The third kappa shape index (κ3) is 5.97. The Labute approximate surface area is 341 Å². The molecular weight excluding hydrogens is 703 g/mol. The second kappa shape index (κ2) is 14.6. The Morgan fingerprint density at radius 3 is 2.17 bits per heavy atom. The predicted octanol–water partition coefficient (Wildman–Crippen LogP) is 14.2. The standard InChI is InChI=1S/C55H45N3/c1-4-18-38(19-5-1)43-36-49(39-20-6-2-7-21-39)56-50(37-43)42-24-16-22-40(34-42)41-23-17-27-45(35-41)57-51-31-13-10-28-46(51)54-47-29-11-14-32-52(47)58(44-25-8-3-9-26-44)55(54)48-30-12-15-33-53(48)57/h1-4,6-16,18,20-22,24-26,28-37,41,50,56H,5,17,19,23,27H2. The quantitative estimate of drug-likeness (QED) is 0.183. The van der Waals surface area contributed by atoms with Crippen molar-refractivity contribution in [1.82, 2.24) is 9.88 Å². The number of hydrogen-bond acceptors (Lipinski definition) is 2. The summed E-state index contributed by atoms with van der Waals surface area (Å²) in [6, 6.07) is 58.1. The van der Waals surface area contributed by atoms with Crippen LogP contribution in [0.1, 0.15) is 60.8 Å². The number of fused-ring (bicyclic) bond motifs is 7. The molecule has 0 saturated heterocycles. The fraction of sp³-hybridized carbons (Fsp3) is 0.127. The lowest BCUT2D eigenvalue weighted by atomic mass is 9.85. The number of nitrogens with zero attached hydrogens (tertiary/aromatic N) is 2. The summed E-state index contributed by atoms with van der Waals surface area (Å²) in [7, 11) is 0. The van der Waals surface area contributed by atoms with Gasteiger partial charge < -0.3 is 14.8 Å². The highest BCUT2D eigenvalue weighted by Crippen LogP contribution is 2.54. The van der Waals surface area contributed by atoms with Gasteiger partial charge in [0.15, 0.2) is 0 Å². The molecule has 11 rings (SSSR count). The summed E-state index contributed by atoms with van der Waals surface area (Å²) in [5, 5.41) is 5.19.